The zero-order valence-corrected chi connectivity index (χ0v) is 18.8. The van der Waals surface area contributed by atoms with Gasteiger partial charge in [0, 0.05) is 11.6 Å². The van der Waals surface area contributed by atoms with E-state index in [2.05, 4.69) is 15.1 Å². The zero-order valence-electron chi connectivity index (χ0n) is 18.0. The molecule has 7 nitrogen and oxygen atoms in total. The van der Waals surface area contributed by atoms with Gasteiger partial charge in [-0.05, 0) is 61.4 Å². The molecule has 3 aromatic carbocycles. The van der Waals surface area contributed by atoms with E-state index in [-0.39, 0.29) is 16.3 Å². The fraction of sp³-hybridized carbons (Fsp3) is 0.120. The van der Waals surface area contributed by atoms with E-state index in [4.69, 9.17) is 0 Å². The summed E-state index contributed by atoms with van der Waals surface area (Å²) in [5.74, 6) is -0.745. The molecule has 1 aliphatic rings. The Hall–Kier alpha value is -3.98. The lowest BCUT2D eigenvalue weighted by Gasteiger charge is -2.11. The van der Waals surface area contributed by atoms with E-state index in [0.29, 0.717) is 11.6 Å². The van der Waals surface area contributed by atoms with E-state index in [1.807, 2.05) is 30.3 Å². The Morgan fingerprint density at radius 3 is 2.41 bits per heavy atom. The summed E-state index contributed by atoms with van der Waals surface area (Å²) >= 11 is 0. The van der Waals surface area contributed by atoms with Crippen LogP contribution in [0, 0.1) is 5.82 Å². The van der Waals surface area contributed by atoms with E-state index in [0.717, 1.165) is 24.2 Å². The molecular weight excluding hydrogens is 455 g/mol. The monoisotopic (exact) mass is 476 g/mol. The van der Waals surface area contributed by atoms with Crippen molar-refractivity contribution in [3.8, 4) is 5.69 Å². The highest BCUT2D eigenvalue weighted by atomic mass is 32.2. The molecule has 0 aliphatic heterocycles. The number of sulfonamides is 1. The number of hydrogen-bond donors (Lipinski definition) is 2. The molecule has 172 valence electrons. The maximum absolute atomic E-state index is 13.9. The van der Waals surface area contributed by atoms with Crippen LogP contribution < -0.4 is 10.0 Å². The van der Waals surface area contributed by atoms with Crippen molar-refractivity contribution in [1.29, 1.82) is 0 Å². The summed E-state index contributed by atoms with van der Waals surface area (Å²) in [6, 6.07) is 22.4. The van der Waals surface area contributed by atoms with Crippen LogP contribution in [0.2, 0.25) is 0 Å². The highest BCUT2D eigenvalue weighted by molar-refractivity contribution is 7.92. The number of carbonyl (C=O) groups is 1. The number of carbonyl (C=O) groups excluding carboxylic acids is 1. The summed E-state index contributed by atoms with van der Waals surface area (Å²) in [5.41, 5.74) is 2.10. The largest absolute Gasteiger partial charge is 0.321 e. The van der Waals surface area contributed by atoms with E-state index >= 15 is 0 Å². The molecular formula is C25H21FN4O3S. The molecule has 2 N–H and O–H groups in total. The Morgan fingerprint density at radius 2 is 1.68 bits per heavy atom. The Morgan fingerprint density at radius 1 is 0.941 bits per heavy atom. The minimum atomic E-state index is -4.07. The third-order valence-corrected chi connectivity index (χ3v) is 6.84. The maximum Gasteiger partial charge on any atom is 0.274 e. The standard InChI is InChI=1S/C25H21FN4O3S/c26-21-11-4-5-12-22(21)29-34(32,33)20-10-6-7-18(15-20)27-25(31)24-16-23(17-13-14-17)28-30(24)19-8-2-1-3-9-19/h1-12,15-17,29H,13-14H2,(H,27,31). The van der Waals surface area contributed by atoms with Gasteiger partial charge in [-0.15, -0.1) is 0 Å². The Labute approximate surface area is 196 Å². The van der Waals surface area contributed by atoms with Gasteiger partial charge in [-0.1, -0.05) is 36.4 Å². The molecule has 0 bridgehead atoms. The second-order valence-corrected chi connectivity index (χ2v) is 9.73. The minimum Gasteiger partial charge on any atom is -0.321 e. The van der Waals surface area contributed by atoms with Gasteiger partial charge in [0.25, 0.3) is 15.9 Å². The van der Waals surface area contributed by atoms with Gasteiger partial charge in [-0.3, -0.25) is 9.52 Å². The quantitative estimate of drug-likeness (QED) is 0.395. The zero-order chi connectivity index (χ0) is 23.7. The molecule has 1 heterocycles. The summed E-state index contributed by atoms with van der Waals surface area (Å²) in [7, 11) is -4.07. The molecule has 1 amide bonds. The topological polar surface area (TPSA) is 93.1 Å². The van der Waals surface area contributed by atoms with Gasteiger partial charge in [-0.2, -0.15) is 5.10 Å². The number of anilines is 2. The van der Waals surface area contributed by atoms with Crippen molar-refractivity contribution >= 4 is 27.3 Å². The van der Waals surface area contributed by atoms with Crippen LogP contribution in [-0.4, -0.2) is 24.1 Å². The van der Waals surface area contributed by atoms with Crippen molar-refractivity contribution in [3.63, 3.8) is 0 Å². The average molecular weight is 477 g/mol. The molecule has 0 saturated heterocycles. The number of nitrogens with zero attached hydrogens (tertiary/aromatic N) is 2. The SMILES string of the molecule is O=C(Nc1cccc(S(=O)(=O)Nc2ccccc2F)c1)c1cc(C2CC2)nn1-c1ccccc1. The predicted molar refractivity (Wildman–Crippen MR) is 127 cm³/mol. The number of rotatable bonds is 7. The first-order valence-electron chi connectivity index (χ1n) is 10.7. The van der Waals surface area contributed by atoms with Gasteiger partial charge in [0.2, 0.25) is 0 Å². The van der Waals surface area contributed by atoms with Crippen molar-refractivity contribution in [2.24, 2.45) is 0 Å². The van der Waals surface area contributed by atoms with E-state index in [9.17, 15) is 17.6 Å². The van der Waals surface area contributed by atoms with Crippen molar-refractivity contribution in [3.05, 3.63) is 102 Å². The lowest BCUT2D eigenvalue weighted by molar-refractivity contribution is 0.101. The molecule has 1 aromatic heterocycles. The van der Waals surface area contributed by atoms with Gasteiger partial charge < -0.3 is 5.32 Å². The molecule has 0 atom stereocenters. The molecule has 5 rings (SSSR count). The van der Waals surface area contributed by atoms with Crippen LogP contribution in [0.3, 0.4) is 0 Å². The summed E-state index contributed by atoms with van der Waals surface area (Å²) < 4.78 is 43.3. The van der Waals surface area contributed by atoms with Crippen molar-refractivity contribution in [2.45, 2.75) is 23.7 Å². The lowest BCUT2D eigenvalue weighted by Crippen LogP contribution is -2.18. The van der Waals surface area contributed by atoms with Crippen LogP contribution in [0.25, 0.3) is 5.69 Å². The highest BCUT2D eigenvalue weighted by Gasteiger charge is 2.29. The third kappa shape index (κ3) is 4.55. The van der Waals surface area contributed by atoms with E-state index in [1.165, 1.54) is 42.5 Å². The first kappa shape index (κ1) is 21.8. The lowest BCUT2D eigenvalue weighted by atomic mass is 10.2. The average Bonchev–Trinajstić information content (AvgIpc) is 3.59. The highest BCUT2D eigenvalue weighted by Crippen LogP contribution is 2.39. The summed E-state index contributed by atoms with van der Waals surface area (Å²) in [4.78, 5) is 13.1. The molecule has 34 heavy (non-hydrogen) atoms. The second kappa shape index (κ2) is 8.75. The molecule has 0 spiro atoms. The van der Waals surface area contributed by atoms with Gasteiger partial charge >= 0.3 is 0 Å². The van der Waals surface area contributed by atoms with Crippen LogP contribution >= 0.6 is 0 Å². The van der Waals surface area contributed by atoms with Crippen molar-refractivity contribution in [1.82, 2.24) is 9.78 Å². The third-order valence-electron chi connectivity index (χ3n) is 5.48. The normalized spacial score (nSPS) is 13.4. The van der Waals surface area contributed by atoms with Crippen LogP contribution in [0.4, 0.5) is 15.8 Å². The van der Waals surface area contributed by atoms with E-state index < -0.39 is 21.7 Å². The van der Waals surface area contributed by atoms with Crippen molar-refractivity contribution < 1.29 is 17.6 Å². The molecule has 9 heteroatoms. The Bertz CT molecular complexity index is 1460. The number of hydrogen-bond acceptors (Lipinski definition) is 4. The second-order valence-electron chi connectivity index (χ2n) is 8.04. The predicted octanol–water partition coefficient (Wildman–Crippen LogP) is 4.94. The molecule has 1 saturated carbocycles. The molecule has 4 aromatic rings. The number of amides is 1. The molecule has 0 unspecified atom stereocenters. The van der Waals surface area contributed by atoms with Gasteiger partial charge in [0.1, 0.15) is 11.5 Å². The number of para-hydroxylation sites is 2. The Kier molecular flexibility index (Phi) is 5.62. The smallest absolute Gasteiger partial charge is 0.274 e. The fourth-order valence-corrected chi connectivity index (χ4v) is 4.70. The first-order chi connectivity index (χ1) is 16.4. The minimum absolute atomic E-state index is 0.108. The van der Waals surface area contributed by atoms with Gasteiger partial charge in [0.15, 0.2) is 0 Å². The summed E-state index contributed by atoms with van der Waals surface area (Å²) in [5, 5.41) is 7.39. The maximum atomic E-state index is 13.9. The van der Waals surface area contributed by atoms with Crippen molar-refractivity contribution in [2.75, 3.05) is 10.0 Å². The summed E-state index contributed by atoms with van der Waals surface area (Å²) in [6.45, 7) is 0. The van der Waals surface area contributed by atoms with Gasteiger partial charge in [0.05, 0.1) is 22.0 Å². The van der Waals surface area contributed by atoms with E-state index in [1.54, 1.807) is 16.8 Å². The van der Waals surface area contributed by atoms with Crippen LogP contribution in [0.15, 0.2) is 89.8 Å². The molecule has 0 radical (unpaired) electrons. The first-order valence-corrected chi connectivity index (χ1v) is 12.2. The van der Waals surface area contributed by atoms with Crippen LogP contribution in [0.1, 0.15) is 34.9 Å². The summed E-state index contributed by atoms with van der Waals surface area (Å²) in [6.07, 6.45) is 2.09. The van der Waals surface area contributed by atoms with Crippen LogP contribution in [-0.2, 0) is 10.0 Å². The molecule has 1 fully saturated rings. The number of nitrogens with one attached hydrogen (secondary N) is 2. The number of halogens is 1. The molecule has 1 aliphatic carbocycles. The van der Waals surface area contributed by atoms with Crippen LogP contribution in [0.5, 0.6) is 0 Å². The number of aromatic nitrogens is 2. The fourth-order valence-electron chi connectivity index (χ4n) is 3.59. The Balaban J connectivity index is 1.41. The van der Waals surface area contributed by atoms with Gasteiger partial charge in [-0.25, -0.2) is 17.5 Å². The number of benzene rings is 3.